The van der Waals surface area contributed by atoms with Gasteiger partial charge in [0, 0.05) is 6.61 Å². The average molecular weight is 639 g/mol. The lowest BCUT2D eigenvalue weighted by molar-refractivity contribution is -0.348. The summed E-state index contributed by atoms with van der Waals surface area (Å²) in [5.74, 6) is 0. The number of hydrogen-bond donors (Lipinski definition) is 7. The first-order chi connectivity index (χ1) is 21.2. The molecule has 3 aliphatic rings. The second kappa shape index (κ2) is 20.7. The van der Waals surface area contributed by atoms with Crippen molar-refractivity contribution in [1.82, 2.24) is 0 Å². The van der Waals surface area contributed by atoms with Gasteiger partial charge in [0.25, 0.3) is 0 Å². The summed E-state index contributed by atoms with van der Waals surface area (Å²) >= 11 is 0. The van der Waals surface area contributed by atoms with E-state index in [0.29, 0.717) is 6.61 Å². The van der Waals surface area contributed by atoms with Crippen LogP contribution in [0.15, 0.2) is 0 Å². The number of aliphatic hydroxyl groups is 7. The third-order valence-corrected chi connectivity index (χ3v) is 8.72. The standard InChI is InChI=1S/C31H58O13/c1-2-3-4-5-6-7-8-9-10-11-12-13-14-15-16-39-29-27(37)24(34)21(18-41-29)44-31-28(38)25(35)22(19-42-31)43-30-26(36)23(33)20(32)17-40-30/h20-38H,2-19H2,1H3/t20-,21-,22-,23-,24-,25-,26+,27+,28+,29-,30+,31+/m0/s1. The first-order valence-corrected chi connectivity index (χ1v) is 16.8. The fourth-order valence-electron chi connectivity index (χ4n) is 5.78. The minimum Gasteiger partial charge on any atom is -0.388 e. The van der Waals surface area contributed by atoms with E-state index in [-0.39, 0.29) is 19.8 Å². The molecule has 0 aromatic carbocycles. The van der Waals surface area contributed by atoms with Crippen LogP contribution in [0, 0.1) is 0 Å². The second-order valence-corrected chi connectivity index (χ2v) is 12.4. The fraction of sp³-hybridized carbons (Fsp3) is 1.00. The van der Waals surface area contributed by atoms with Crippen LogP contribution in [0.1, 0.15) is 96.8 Å². The van der Waals surface area contributed by atoms with Gasteiger partial charge in [-0.1, -0.05) is 90.4 Å². The molecule has 13 nitrogen and oxygen atoms in total. The van der Waals surface area contributed by atoms with Crippen LogP contribution in [-0.4, -0.2) is 136 Å². The Morgan fingerprint density at radius 3 is 1.34 bits per heavy atom. The molecule has 3 saturated heterocycles. The topological polar surface area (TPSA) is 197 Å². The van der Waals surface area contributed by atoms with E-state index in [4.69, 9.17) is 28.4 Å². The van der Waals surface area contributed by atoms with Crippen LogP contribution in [0.2, 0.25) is 0 Å². The molecule has 0 saturated carbocycles. The molecule has 0 aromatic heterocycles. The SMILES string of the molecule is CCCCCCCCCCCCCCCCO[C@H]1OC[C@H](O[C@H]2OC[C@H](O[C@H]3OC[C@H](O)[C@H](O)[C@H]3O)[C@H](O)[C@H]2O)[C@H](O)[C@H]1O. The van der Waals surface area contributed by atoms with Crippen LogP contribution in [0.3, 0.4) is 0 Å². The van der Waals surface area contributed by atoms with Gasteiger partial charge in [0.15, 0.2) is 18.9 Å². The molecule has 0 amide bonds. The van der Waals surface area contributed by atoms with Gasteiger partial charge >= 0.3 is 0 Å². The first kappa shape index (κ1) is 37.9. The maximum atomic E-state index is 10.6. The molecular weight excluding hydrogens is 580 g/mol. The minimum absolute atomic E-state index is 0.132. The van der Waals surface area contributed by atoms with Gasteiger partial charge in [0.1, 0.15) is 54.9 Å². The molecule has 3 fully saturated rings. The zero-order chi connectivity index (χ0) is 31.9. The van der Waals surface area contributed by atoms with Crippen LogP contribution in [0.25, 0.3) is 0 Å². The van der Waals surface area contributed by atoms with E-state index in [9.17, 15) is 35.7 Å². The van der Waals surface area contributed by atoms with E-state index in [1.165, 1.54) is 70.6 Å². The predicted octanol–water partition coefficient (Wildman–Crippen LogP) is 0.850. The summed E-state index contributed by atoms with van der Waals surface area (Å²) in [7, 11) is 0. The molecule has 0 bridgehead atoms. The number of aliphatic hydroxyl groups excluding tert-OH is 7. The van der Waals surface area contributed by atoms with Crippen LogP contribution in [0.5, 0.6) is 0 Å². The first-order valence-electron chi connectivity index (χ1n) is 16.8. The molecule has 0 aliphatic carbocycles. The summed E-state index contributed by atoms with van der Waals surface area (Å²) in [5, 5.41) is 71.7. The van der Waals surface area contributed by atoms with Crippen molar-refractivity contribution < 1.29 is 64.2 Å². The average Bonchev–Trinajstić information content (AvgIpc) is 3.02. The number of rotatable bonds is 20. The smallest absolute Gasteiger partial charge is 0.186 e. The van der Waals surface area contributed by atoms with E-state index in [1.807, 2.05) is 0 Å². The Hall–Kier alpha value is -0.520. The Morgan fingerprint density at radius 1 is 0.455 bits per heavy atom. The largest absolute Gasteiger partial charge is 0.388 e. The molecule has 0 unspecified atom stereocenters. The Bertz CT molecular complexity index is 747. The van der Waals surface area contributed by atoms with Gasteiger partial charge in [0.05, 0.1) is 19.8 Å². The third-order valence-electron chi connectivity index (χ3n) is 8.72. The Morgan fingerprint density at radius 2 is 0.841 bits per heavy atom. The normalized spacial score (nSPS) is 38.2. The summed E-state index contributed by atoms with van der Waals surface area (Å²) in [5.41, 5.74) is 0. The van der Waals surface area contributed by atoms with Crippen molar-refractivity contribution in [3.63, 3.8) is 0 Å². The summed E-state index contributed by atoms with van der Waals surface area (Å²) in [4.78, 5) is 0. The molecule has 0 aromatic rings. The summed E-state index contributed by atoms with van der Waals surface area (Å²) in [6.07, 6.45) is 1.35. The molecule has 7 N–H and O–H groups in total. The molecule has 3 aliphatic heterocycles. The lowest BCUT2D eigenvalue weighted by Crippen LogP contribution is -2.61. The fourth-order valence-corrected chi connectivity index (χ4v) is 5.78. The number of hydrogen-bond acceptors (Lipinski definition) is 13. The Labute approximate surface area is 261 Å². The molecule has 13 heteroatoms. The highest BCUT2D eigenvalue weighted by atomic mass is 16.7. The predicted molar refractivity (Wildman–Crippen MR) is 157 cm³/mol. The molecule has 0 radical (unpaired) electrons. The summed E-state index contributed by atoms with van der Waals surface area (Å²) in [6, 6.07) is 0. The summed E-state index contributed by atoms with van der Waals surface area (Å²) in [6.45, 7) is 1.95. The van der Waals surface area contributed by atoms with Crippen LogP contribution < -0.4 is 0 Å². The number of ether oxygens (including phenoxy) is 6. The Kier molecular flexibility index (Phi) is 17.8. The third kappa shape index (κ3) is 11.9. The number of unbranched alkanes of at least 4 members (excludes halogenated alkanes) is 13. The summed E-state index contributed by atoms with van der Waals surface area (Å²) < 4.78 is 33.0. The molecule has 260 valence electrons. The second-order valence-electron chi connectivity index (χ2n) is 12.4. The van der Waals surface area contributed by atoms with Crippen molar-refractivity contribution in [3.8, 4) is 0 Å². The van der Waals surface area contributed by atoms with E-state index < -0.39 is 73.8 Å². The van der Waals surface area contributed by atoms with Gasteiger partial charge in [-0.05, 0) is 6.42 Å². The van der Waals surface area contributed by atoms with Gasteiger partial charge in [-0.2, -0.15) is 0 Å². The van der Waals surface area contributed by atoms with Crippen LogP contribution in [0.4, 0.5) is 0 Å². The highest BCUT2D eigenvalue weighted by molar-refractivity contribution is 4.90. The van der Waals surface area contributed by atoms with Gasteiger partial charge in [-0.25, -0.2) is 0 Å². The van der Waals surface area contributed by atoms with Crippen molar-refractivity contribution in [2.45, 2.75) is 171 Å². The van der Waals surface area contributed by atoms with Gasteiger partial charge in [-0.3, -0.25) is 0 Å². The van der Waals surface area contributed by atoms with Gasteiger partial charge in [0.2, 0.25) is 0 Å². The van der Waals surface area contributed by atoms with E-state index >= 15 is 0 Å². The molecule has 12 atom stereocenters. The van der Waals surface area contributed by atoms with Crippen LogP contribution >= 0.6 is 0 Å². The van der Waals surface area contributed by atoms with E-state index in [0.717, 1.165) is 19.3 Å². The van der Waals surface area contributed by atoms with Crippen molar-refractivity contribution in [2.75, 3.05) is 26.4 Å². The van der Waals surface area contributed by atoms with E-state index in [1.54, 1.807) is 0 Å². The van der Waals surface area contributed by atoms with Crippen molar-refractivity contribution >= 4 is 0 Å². The minimum atomic E-state index is -1.61. The molecular formula is C31H58O13. The van der Waals surface area contributed by atoms with Crippen molar-refractivity contribution in [1.29, 1.82) is 0 Å². The van der Waals surface area contributed by atoms with Gasteiger partial charge < -0.3 is 64.2 Å². The zero-order valence-corrected chi connectivity index (χ0v) is 26.2. The highest BCUT2D eigenvalue weighted by Crippen LogP contribution is 2.27. The highest BCUT2D eigenvalue weighted by Gasteiger charge is 2.47. The lowest BCUT2D eigenvalue weighted by atomic mass is 10.0. The Balaban J connectivity index is 1.24. The molecule has 44 heavy (non-hydrogen) atoms. The van der Waals surface area contributed by atoms with Crippen LogP contribution in [-0.2, 0) is 28.4 Å². The molecule has 3 heterocycles. The van der Waals surface area contributed by atoms with Crippen molar-refractivity contribution in [3.05, 3.63) is 0 Å². The van der Waals surface area contributed by atoms with E-state index in [2.05, 4.69) is 6.92 Å². The maximum absolute atomic E-state index is 10.6. The lowest BCUT2D eigenvalue weighted by Gasteiger charge is -2.43. The maximum Gasteiger partial charge on any atom is 0.186 e. The monoisotopic (exact) mass is 638 g/mol. The van der Waals surface area contributed by atoms with Gasteiger partial charge in [-0.15, -0.1) is 0 Å². The van der Waals surface area contributed by atoms with Crippen molar-refractivity contribution in [2.24, 2.45) is 0 Å². The quantitative estimate of drug-likeness (QED) is 0.0928. The zero-order valence-electron chi connectivity index (χ0n) is 26.2. The molecule has 3 rings (SSSR count). The molecule has 0 spiro atoms.